The first-order valence-corrected chi connectivity index (χ1v) is 9.27. The lowest BCUT2D eigenvalue weighted by molar-refractivity contribution is 0.0761. The van der Waals surface area contributed by atoms with Gasteiger partial charge in [-0.3, -0.25) is 9.48 Å². The van der Waals surface area contributed by atoms with Crippen LogP contribution in [0.1, 0.15) is 22.7 Å². The Labute approximate surface area is 166 Å². The second-order valence-electron chi connectivity index (χ2n) is 7.05. The van der Waals surface area contributed by atoms with Crippen molar-refractivity contribution in [2.45, 2.75) is 19.4 Å². The zero-order valence-corrected chi connectivity index (χ0v) is 16.1. The number of halogens is 1. The second-order valence-corrected chi connectivity index (χ2v) is 7.05. The number of hydrogen-bond donors (Lipinski definition) is 0. The highest BCUT2D eigenvalue weighted by molar-refractivity contribution is 5.94. The van der Waals surface area contributed by atoms with Crippen molar-refractivity contribution in [3.8, 4) is 17.0 Å². The van der Waals surface area contributed by atoms with E-state index in [9.17, 15) is 14.0 Å². The highest BCUT2D eigenvalue weighted by Crippen LogP contribution is 2.23. The molecule has 2 aromatic heterocycles. The van der Waals surface area contributed by atoms with Crippen LogP contribution in [0.4, 0.5) is 4.39 Å². The molecule has 0 N–H and O–H groups in total. The minimum atomic E-state index is -0.464. The van der Waals surface area contributed by atoms with Gasteiger partial charge in [0, 0.05) is 31.6 Å². The third-order valence-corrected chi connectivity index (χ3v) is 4.84. The van der Waals surface area contributed by atoms with Gasteiger partial charge in [-0.25, -0.2) is 9.18 Å². The molecule has 0 radical (unpaired) electrons. The van der Waals surface area contributed by atoms with Crippen LogP contribution in [0.2, 0.25) is 0 Å². The number of rotatable bonds is 4. The van der Waals surface area contributed by atoms with E-state index >= 15 is 0 Å². The van der Waals surface area contributed by atoms with Gasteiger partial charge in [0.05, 0.1) is 18.3 Å². The van der Waals surface area contributed by atoms with Crippen LogP contribution in [0.25, 0.3) is 11.3 Å². The SMILES string of the molecule is Cc1cc(OC2CCN(C(=O)c3cc(-c4ccc(F)cc4)nn3C)C2)cc(=O)o1. The summed E-state index contributed by atoms with van der Waals surface area (Å²) in [5, 5.41) is 4.38. The Kier molecular flexibility index (Phi) is 4.92. The summed E-state index contributed by atoms with van der Waals surface area (Å²) < 4.78 is 25.4. The van der Waals surface area contributed by atoms with Crippen LogP contribution >= 0.6 is 0 Å². The molecule has 1 fully saturated rings. The number of hydrogen-bond acceptors (Lipinski definition) is 5. The molecule has 1 atom stereocenters. The van der Waals surface area contributed by atoms with Crippen LogP contribution in [-0.2, 0) is 7.05 Å². The molecule has 1 unspecified atom stereocenters. The quantitative estimate of drug-likeness (QED) is 0.677. The Morgan fingerprint density at radius 1 is 1.24 bits per heavy atom. The van der Waals surface area contributed by atoms with Crippen LogP contribution < -0.4 is 10.4 Å². The molecule has 3 aromatic rings. The zero-order chi connectivity index (χ0) is 20.5. The van der Waals surface area contributed by atoms with E-state index in [1.807, 2.05) is 0 Å². The Balaban J connectivity index is 1.46. The lowest BCUT2D eigenvalue weighted by atomic mass is 10.1. The highest BCUT2D eigenvalue weighted by Gasteiger charge is 2.30. The average Bonchev–Trinajstić information content (AvgIpc) is 3.28. The van der Waals surface area contributed by atoms with Gasteiger partial charge >= 0.3 is 5.63 Å². The summed E-state index contributed by atoms with van der Waals surface area (Å²) in [6, 6.07) is 10.6. The number of amides is 1. The molecule has 1 saturated heterocycles. The molecule has 1 aromatic carbocycles. The fourth-order valence-electron chi connectivity index (χ4n) is 3.44. The van der Waals surface area contributed by atoms with E-state index in [1.54, 1.807) is 43.1 Å². The van der Waals surface area contributed by atoms with Crippen molar-refractivity contribution >= 4 is 5.91 Å². The first-order chi connectivity index (χ1) is 13.9. The first kappa shape index (κ1) is 18.9. The second kappa shape index (κ2) is 7.54. The molecule has 0 bridgehead atoms. The molecule has 3 heterocycles. The lowest BCUT2D eigenvalue weighted by Crippen LogP contribution is -2.32. The minimum absolute atomic E-state index is 0.150. The van der Waals surface area contributed by atoms with E-state index in [-0.39, 0.29) is 17.8 Å². The summed E-state index contributed by atoms with van der Waals surface area (Å²) in [5.74, 6) is 0.442. The van der Waals surface area contributed by atoms with Crippen molar-refractivity contribution in [3.63, 3.8) is 0 Å². The summed E-state index contributed by atoms with van der Waals surface area (Å²) in [6.45, 7) is 2.63. The fraction of sp³-hybridized carbons (Fsp3) is 0.286. The molecule has 0 spiro atoms. The van der Waals surface area contributed by atoms with Gasteiger partial charge in [-0.2, -0.15) is 5.10 Å². The number of aryl methyl sites for hydroxylation is 2. The maximum Gasteiger partial charge on any atom is 0.339 e. The van der Waals surface area contributed by atoms with Gasteiger partial charge < -0.3 is 14.1 Å². The van der Waals surface area contributed by atoms with Gasteiger partial charge in [0.25, 0.3) is 5.91 Å². The number of ether oxygens (including phenoxy) is 1. The van der Waals surface area contributed by atoms with E-state index in [0.29, 0.717) is 42.4 Å². The molecule has 1 amide bonds. The van der Waals surface area contributed by atoms with Crippen molar-refractivity contribution < 1.29 is 18.3 Å². The normalized spacial score (nSPS) is 16.2. The van der Waals surface area contributed by atoms with Gasteiger partial charge in [-0.15, -0.1) is 0 Å². The largest absolute Gasteiger partial charge is 0.488 e. The third kappa shape index (κ3) is 4.06. The van der Waals surface area contributed by atoms with Crippen molar-refractivity contribution in [1.82, 2.24) is 14.7 Å². The van der Waals surface area contributed by atoms with E-state index in [1.165, 1.54) is 22.9 Å². The highest BCUT2D eigenvalue weighted by atomic mass is 19.1. The van der Waals surface area contributed by atoms with Crippen LogP contribution in [0.5, 0.6) is 5.75 Å². The molecule has 4 rings (SSSR count). The van der Waals surface area contributed by atoms with Gasteiger partial charge in [0.1, 0.15) is 29.1 Å². The average molecular weight is 397 g/mol. The van der Waals surface area contributed by atoms with Crippen LogP contribution in [0.15, 0.2) is 51.7 Å². The van der Waals surface area contributed by atoms with E-state index in [4.69, 9.17) is 9.15 Å². The fourth-order valence-corrected chi connectivity index (χ4v) is 3.44. The van der Waals surface area contributed by atoms with Gasteiger partial charge in [-0.05, 0) is 37.3 Å². The number of benzene rings is 1. The molecular formula is C21H20FN3O4. The Bertz CT molecular complexity index is 1100. The maximum atomic E-state index is 13.1. The van der Waals surface area contributed by atoms with Gasteiger partial charge in [0.2, 0.25) is 0 Å². The summed E-state index contributed by atoms with van der Waals surface area (Å²) in [4.78, 5) is 26.1. The number of nitrogens with zero attached hydrogens (tertiary/aromatic N) is 3. The third-order valence-electron chi connectivity index (χ3n) is 4.84. The molecule has 29 heavy (non-hydrogen) atoms. The predicted molar refractivity (Wildman–Crippen MR) is 103 cm³/mol. The summed E-state index contributed by atoms with van der Waals surface area (Å²) >= 11 is 0. The molecular weight excluding hydrogens is 377 g/mol. The number of aromatic nitrogens is 2. The topological polar surface area (TPSA) is 77.6 Å². The van der Waals surface area contributed by atoms with E-state index in [2.05, 4.69) is 5.10 Å². The molecule has 8 heteroatoms. The van der Waals surface area contributed by atoms with Crippen molar-refractivity contribution in [1.29, 1.82) is 0 Å². The Morgan fingerprint density at radius 2 is 2.00 bits per heavy atom. The molecule has 7 nitrogen and oxygen atoms in total. The predicted octanol–water partition coefficient (Wildman–Crippen LogP) is 2.78. The van der Waals surface area contributed by atoms with Crippen molar-refractivity contribution in [2.24, 2.45) is 7.05 Å². The van der Waals surface area contributed by atoms with Crippen molar-refractivity contribution in [3.05, 3.63) is 70.2 Å². The standard InChI is InChI=1S/C21H20FN3O4/c1-13-9-17(10-20(26)28-13)29-16-7-8-25(12-16)21(27)19-11-18(23-24(19)2)14-3-5-15(22)6-4-14/h3-6,9-11,16H,7-8,12H2,1-2H3. The van der Waals surface area contributed by atoms with Gasteiger partial charge in [-0.1, -0.05) is 0 Å². The Hall–Kier alpha value is -3.42. The van der Waals surface area contributed by atoms with Crippen LogP contribution in [0.3, 0.4) is 0 Å². The lowest BCUT2D eigenvalue weighted by Gasteiger charge is -2.17. The molecule has 150 valence electrons. The Morgan fingerprint density at radius 3 is 2.72 bits per heavy atom. The van der Waals surface area contributed by atoms with Crippen LogP contribution in [-0.4, -0.2) is 39.8 Å². The van der Waals surface area contributed by atoms with Gasteiger partial charge in [0.15, 0.2) is 0 Å². The molecule has 0 aliphatic carbocycles. The smallest absolute Gasteiger partial charge is 0.339 e. The van der Waals surface area contributed by atoms with Crippen molar-refractivity contribution in [2.75, 3.05) is 13.1 Å². The number of carbonyl (C=O) groups is 1. The minimum Gasteiger partial charge on any atom is -0.488 e. The molecule has 1 aliphatic rings. The van der Waals surface area contributed by atoms with Crippen LogP contribution in [0, 0.1) is 12.7 Å². The molecule has 1 aliphatic heterocycles. The van der Waals surface area contributed by atoms with E-state index < -0.39 is 5.63 Å². The summed E-state index contributed by atoms with van der Waals surface area (Å²) in [6.07, 6.45) is 0.457. The summed E-state index contributed by atoms with van der Waals surface area (Å²) in [5.41, 5.74) is 1.33. The first-order valence-electron chi connectivity index (χ1n) is 9.27. The molecule has 0 saturated carbocycles. The van der Waals surface area contributed by atoms with E-state index in [0.717, 1.165) is 5.56 Å². The maximum absolute atomic E-state index is 13.1. The number of carbonyl (C=O) groups excluding carboxylic acids is 1. The number of likely N-dealkylation sites (tertiary alicyclic amines) is 1. The summed E-state index contributed by atoms with van der Waals surface area (Å²) in [7, 11) is 1.70. The zero-order valence-electron chi connectivity index (χ0n) is 16.1. The monoisotopic (exact) mass is 397 g/mol.